The van der Waals surface area contributed by atoms with Crippen LogP contribution in [0.15, 0.2) is 49.2 Å². The fraction of sp³-hybridized carbons (Fsp3) is 0.273. The number of rotatable bonds is 4. The van der Waals surface area contributed by atoms with Crippen molar-refractivity contribution < 1.29 is 20.7 Å². The van der Waals surface area contributed by atoms with Gasteiger partial charge < -0.3 is 4.90 Å². The van der Waals surface area contributed by atoms with Gasteiger partial charge in [0.05, 0.1) is 13.6 Å². The number of thiophene rings is 1. The van der Waals surface area contributed by atoms with Gasteiger partial charge in [-0.3, -0.25) is 9.48 Å². The van der Waals surface area contributed by atoms with Crippen LogP contribution in [0.25, 0.3) is 11.1 Å². The van der Waals surface area contributed by atoms with E-state index in [1.165, 1.54) is 10.9 Å². The predicted octanol–water partition coefficient (Wildman–Crippen LogP) is 5.96. The van der Waals surface area contributed by atoms with Crippen LogP contribution in [0.5, 0.6) is 0 Å². The molecule has 162 valence electrons. The molecule has 0 saturated carbocycles. The number of carbonyl (C=O) groups excluding carboxylic acids is 1. The van der Waals surface area contributed by atoms with Crippen LogP contribution in [0.2, 0.25) is 4.34 Å². The van der Waals surface area contributed by atoms with E-state index in [-0.39, 0.29) is 23.5 Å². The maximum absolute atomic E-state index is 13.8. The normalized spacial score (nSPS) is 18.9. The summed E-state index contributed by atoms with van der Waals surface area (Å²) in [6.07, 6.45) is -2.28. The predicted molar refractivity (Wildman–Crippen MR) is 115 cm³/mol. The maximum atomic E-state index is 13.8. The van der Waals surface area contributed by atoms with Gasteiger partial charge in [0.2, 0.25) is 5.91 Å². The van der Waals surface area contributed by atoms with Gasteiger partial charge in [-0.15, -0.1) is 11.3 Å². The largest absolute Gasteiger partial charge is 0.435 e. The van der Waals surface area contributed by atoms with Gasteiger partial charge in [-0.1, -0.05) is 42.4 Å². The first-order valence-electron chi connectivity index (χ1n) is 10.5. The number of benzene rings is 1. The zero-order valence-electron chi connectivity index (χ0n) is 18.4. The fourth-order valence-electron chi connectivity index (χ4n) is 3.73. The van der Waals surface area contributed by atoms with Gasteiger partial charge in [-0.05, 0) is 35.8 Å². The SMILES string of the molecule is [2H]C1([2H])c2sc(Cl)cc2C(c2ccccc2-c2cn(CC)nc2C(F)(F)F)CN1C(=O)C=C. The summed E-state index contributed by atoms with van der Waals surface area (Å²) in [5.74, 6) is -1.22. The molecule has 0 spiro atoms. The molecule has 0 N–H and O–H groups in total. The van der Waals surface area contributed by atoms with Crippen LogP contribution in [-0.2, 0) is 24.0 Å². The molecule has 4 nitrogen and oxygen atoms in total. The minimum absolute atomic E-state index is 0.0713. The van der Waals surface area contributed by atoms with E-state index in [4.69, 9.17) is 14.3 Å². The summed E-state index contributed by atoms with van der Waals surface area (Å²) in [6.45, 7) is 3.21. The summed E-state index contributed by atoms with van der Waals surface area (Å²) < 4.78 is 60.1. The second kappa shape index (κ2) is 8.16. The minimum atomic E-state index is -4.66. The maximum Gasteiger partial charge on any atom is 0.435 e. The van der Waals surface area contributed by atoms with Gasteiger partial charge in [-0.2, -0.15) is 18.3 Å². The minimum Gasteiger partial charge on any atom is -0.333 e. The zero-order valence-corrected chi connectivity index (χ0v) is 18.0. The van der Waals surface area contributed by atoms with E-state index in [0.717, 1.165) is 22.3 Å². The Bertz CT molecular complexity index is 1240. The highest BCUT2D eigenvalue weighted by molar-refractivity contribution is 7.16. The summed E-state index contributed by atoms with van der Waals surface area (Å²) in [6, 6.07) is 8.23. The van der Waals surface area contributed by atoms with Crippen LogP contribution in [0.1, 0.15) is 37.3 Å². The van der Waals surface area contributed by atoms with Gasteiger partial charge >= 0.3 is 6.18 Å². The number of fused-ring (bicyclic) bond motifs is 1. The average Bonchev–Trinajstić information content (AvgIpc) is 3.38. The Hall–Kier alpha value is -2.58. The fourth-order valence-corrected chi connectivity index (χ4v) is 4.93. The van der Waals surface area contributed by atoms with Gasteiger partial charge in [-0.25, -0.2) is 0 Å². The van der Waals surface area contributed by atoms with Crippen LogP contribution in [-0.4, -0.2) is 27.1 Å². The molecule has 1 unspecified atom stereocenters. The Balaban J connectivity index is 1.94. The van der Waals surface area contributed by atoms with E-state index in [2.05, 4.69) is 11.7 Å². The van der Waals surface area contributed by atoms with Crippen molar-refractivity contribution >= 4 is 28.8 Å². The van der Waals surface area contributed by atoms with Crippen molar-refractivity contribution in [2.45, 2.75) is 32.1 Å². The average molecular weight is 468 g/mol. The van der Waals surface area contributed by atoms with E-state index in [1.54, 1.807) is 37.3 Å². The molecule has 1 aliphatic rings. The first-order chi connectivity index (χ1) is 15.5. The van der Waals surface area contributed by atoms with E-state index in [0.29, 0.717) is 21.0 Å². The quantitative estimate of drug-likeness (QED) is 0.444. The molecule has 2 aromatic heterocycles. The monoisotopic (exact) mass is 467 g/mol. The Kier molecular flexibility index (Phi) is 5.04. The molecular formula is C22H19ClF3N3OS. The van der Waals surface area contributed by atoms with Crippen molar-refractivity contribution in [3.05, 3.63) is 75.2 Å². The van der Waals surface area contributed by atoms with E-state index < -0.39 is 30.2 Å². The lowest BCUT2D eigenvalue weighted by Crippen LogP contribution is -2.37. The first-order valence-corrected chi connectivity index (χ1v) is 10.7. The summed E-state index contributed by atoms with van der Waals surface area (Å²) in [7, 11) is 0. The van der Waals surface area contributed by atoms with Crippen LogP contribution in [0.4, 0.5) is 13.2 Å². The molecule has 4 rings (SSSR count). The third kappa shape index (κ3) is 4.02. The lowest BCUT2D eigenvalue weighted by molar-refractivity contribution is -0.141. The van der Waals surface area contributed by atoms with Crippen LogP contribution in [0, 0.1) is 0 Å². The summed E-state index contributed by atoms with van der Waals surface area (Å²) in [5, 5.41) is 3.73. The molecular weight excluding hydrogens is 447 g/mol. The second-order valence-corrected chi connectivity index (χ2v) is 8.67. The molecule has 1 amide bonds. The van der Waals surface area contributed by atoms with Crippen molar-refractivity contribution in [3.63, 3.8) is 0 Å². The summed E-state index contributed by atoms with van der Waals surface area (Å²) in [4.78, 5) is 13.8. The van der Waals surface area contributed by atoms with Gasteiger partial charge in [0.15, 0.2) is 5.69 Å². The van der Waals surface area contributed by atoms with Gasteiger partial charge in [0.25, 0.3) is 0 Å². The van der Waals surface area contributed by atoms with Gasteiger partial charge in [0.1, 0.15) is 0 Å². The zero-order chi connectivity index (χ0) is 24.1. The molecule has 1 aromatic carbocycles. The molecule has 0 bridgehead atoms. The molecule has 0 aliphatic carbocycles. The topological polar surface area (TPSA) is 38.1 Å². The Labute approximate surface area is 189 Å². The molecule has 3 heterocycles. The van der Waals surface area contributed by atoms with Crippen molar-refractivity contribution in [1.82, 2.24) is 14.7 Å². The lowest BCUT2D eigenvalue weighted by atomic mass is 9.84. The molecule has 3 aromatic rings. The molecule has 0 fully saturated rings. The Morgan fingerprint density at radius 3 is 2.81 bits per heavy atom. The summed E-state index contributed by atoms with van der Waals surface area (Å²) in [5.41, 5.74) is 0.318. The number of alkyl halides is 3. The molecule has 31 heavy (non-hydrogen) atoms. The number of aryl methyl sites for hydroxylation is 1. The van der Waals surface area contributed by atoms with Crippen molar-refractivity contribution in [3.8, 4) is 11.1 Å². The van der Waals surface area contributed by atoms with Gasteiger partial charge in [0, 0.05) is 35.6 Å². The number of halogens is 4. The number of hydrogen-bond donors (Lipinski definition) is 0. The smallest absolute Gasteiger partial charge is 0.333 e. The highest BCUT2D eigenvalue weighted by Crippen LogP contribution is 2.44. The highest BCUT2D eigenvalue weighted by Gasteiger charge is 2.39. The molecule has 0 saturated heterocycles. The Morgan fingerprint density at radius 1 is 1.39 bits per heavy atom. The van der Waals surface area contributed by atoms with Crippen LogP contribution < -0.4 is 0 Å². The van der Waals surface area contributed by atoms with E-state index in [9.17, 15) is 18.0 Å². The number of carbonyl (C=O) groups is 1. The Morgan fingerprint density at radius 2 is 2.13 bits per heavy atom. The molecule has 9 heteroatoms. The standard InChI is InChI=1S/C22H19ClF3N3OS/c1-3-20(30)28-10-16(15-9-19(23)31-18(15)12-28)13-7-5-6-8-14(13)17-11-29(4-2)27-21(17)22(24,25)26/h3,5-9,11,16H,1,4,10,12H2,2H3/i12D2. The van der Waals surface area contributed by atoms with Crippen molar-refractivity contribution in [2.24, 2.45) is 0 Å². The van der Waals surface area contributed by atoms with Crippen LogP contribution >= 0.6 is 22.9 Å². The number of aromatic nitrogens is 2. The third-order valence-electron chi connectivity index (χ3n) is 5.13. The number of hydrogen-bond acceptors (Lipinski definition) is 3. The number of nitrogens with zero attached hydrogens (tertiary/aromatic N) is 3. The van der Waals surface area contributed by atoms with Crippen molar-refractivity contribution in [1.29, 1.82) is 0 Å². The van der Waals surface area contributed by atoms with E-state index in [1.807, 2.05) is 0 Å². The van der Waals surface area contributed by atoms with Crippen molar-refractivity contribution in [2.75, 3.05) is 6.54 Å². The third-order valence-corrected chi connectivity index (χ3v) is 6.31. The van der Waals surface area contributed by atoms with E-state index >= 15 is 0 Å². The molecule has 1 atom stereocenters. The lowest BCUT2D eigenvalue weighted by Gasteiger charge is -2.33. The molecule has 1 aliphatic heterocycles. The summed E-state index contributed by atoms with van der Waals surface area (Å²) >= 11 is 7.23. The molecule has 0 radical (unpaired) electrons. The first kappa shape index (κ1) is 19.1. The second-order valence-electron chi connectivity index (χ2n) is 6.98. The highest BCUT2D eigenvalue weighted by atomic mass is 35.5. The van der Waals surface area contributed by atoms with Crippen LogP contribution in [0.3, 0.4) is 0 Å². The number of amides is 1.